The van der Waals surface area contributed by atoms with Gasteiger partial charge in [0.25, 0.3) is 11.6 Å². The molecule has 1 aromatic carbocycles. The quantitative estimate of drug-likeness (QED) is 0.485. The first-order chi connectivity index (χ1) is 14.8. The van der Waals surface area contributed by atoms with Crippen LogP contribution in [0.1, 0.15) is 16.8 Å². The topological polar surface area (TPSA) is 143 Å². The first kappa shape index (κ1) is 22.3. The highest BCUT2D eigenvalue weighted by atomic mass is 32.2. The fourth-order valence-corrected chi connectivity index (χ4v) is 4.54. The zero-order valence-electron chi connectivity index (χ0n) is 16.5. The Morgan fingerprint density at radius 1 is 1.03 bits per heavy atom. The van der Waals surface area contributed by atoms with Crippen LogP contribution in [0.25, 0.3) is 0 Å². The summed E-state index contributed by atoms with van der Waals surface area (Å²) < 4.78 is 26.7. The first-order valence-corrected chi connectivity index (χ1v) is 10.9. The van der Waals surface area contributed by atoms with Crippen LogP contribution in [0.15, 0.2) is 53.7 Å². The van der Waals surface area contributed by atoms with E-state index in [1.807, 2.05) is 0 Å². The summed E-state index contributed by atoms with van der Waals surface area (Å²) in [4.78, 5) is 39.8. The second kappa shape index (κ2) is 9.62. The molecule has 164 valence electrons. The minimum atomic E-state index is -3.80. The lowest BCUT2D eigenvalue weighted by Crippen LogP contribution is -2.50. The number of nitro benzene ring substituents is 1. The number of non-ortho nitro benzene ring substituents is 1. The molecule has 2 aromatic rings. The van der Waals surface area contributed by atoms with Gasteiger partial charge in [-0.3, -0.25) is 24.7 Å². The van der Waals surface area contributed by atoms with Crippen molar-refractivity contribution < 1.29 is 22.9 Å². The number of aromatic nitrogens is 1. The highest BCUT2D eigenvalue weighted by Crippen LogP contribution is 2.21. The Labute approximate surface area is 178 Å². The van der Waals surface area contributed by atoms with Gasteiger partial charge in [0.05, 0.1) is 9.82 Å². The van der Waals surface area contributed by atoms with Gasteiger partial charge in [0.2, 0.25) is 15.9 Å². The lowest BCUT2D eigenvalue weighted by molar-refractivity contribution is -0.384. The van der Waals surface area contributed by atoms with Crippen molar-refractivity contribution in [3.63, 3.8) is 0 Å². The van der Waals surface area contributed by atoms with Crippen LogP contribution >= 0.6 is 0 Å². The van der Waals surface area contributed by atoms with E-state index in [4.69, 9.17) is 0 Å². The third-order valence-corrected chi connectivity index (χ3v) is 6.76. The summed E-state index contributed by atoms with van der Waals surface area (Å²) in [7, 11) is -3.80. The average Bonchev–Trinajstić information content (AvgIpc) is 2.79. The van der Waals surface area contributed by atoms with Crippen LogP contribution in [0.3, 0.4) is 0 Å². The van der Waals surface area contributed by atoms with E-state index in [9.17, 15) is 28.1 Å². The van der Waals surface area contributed by atoms with Gasteiger partial charge in [-0.05, 0) is 24.3 Å². The monoisotopic (exact) mass is 447 g/mol. The van der Waals surface area contributed by atoms with Gasteiger partial charge in [-0.25, -0.2) is 8.42 Å². The second-order valence-electron chi connectivity index (χ2n) is 6.78. The van der Waals surface area contributed by atoms with Gasteiger partial charge in [-0.2, -0.15) is 4.31 Å². The minimum Gasteiger partial charge on any atom is -0.352 e. The number of hydrogen-bond acceptors (Lipinski definition) is 7. The van der Waals surface area contributed by atoms with Crippen molar-refractivity contribution in [3.8, 4) is 0 Å². The lowest BCUT2D eigenvalue weighted by Gasteiger charge is -2.34. The number of nitrogens with zero attached hydrogens (tertiary/aromatic N) is 4. The Bertz CT molecular complexity index is 1050. The maximum atomic E-state index is 12.7. The van der Waals surface area contributed by atoms with E-state index in [-0.39, 0.29) is 61.5 Å². The molecule has 0 spiro atoms. The summed E-state index contributed by atoms with van der Waals surface area (Å²) in [5, 5.41) is 13.4. The van der Waals surface area contributed by atoms with E-state index in [2.05, 4.69) is 10.3 Å². The first-order valence-electron chi connectivity index (χ1n) is 9.49. The molecule has 2 heterocycles. The van der Waals surface area contributed by atoms with Gasteiger partial charge in [0.1, 0.15) is 0 Å². The standard InChI is InChI=1S/C19H21N5O6S/c25-18(7-10-21-19(26)15-5-8-20-9-6-15)22-11-13-23(14-12-22)31(29,30)17-3-1-16(2-4-17)24(27)28/h1-6,8-9H,7,10-14H2,(H,21,26). The summed E-state index contributed by atoms with van der Waals surface area (Å²) in [6, 6.07) is 7.84. The van der Waals surface area contributed by atoms with Crippen molar-refractivity contribution in [2.24, 2.45) is 0 Å². The van der Waals surface area contributed by atoms with Crippen molar-refractivity contribution in [2.75, 3.05) is 32.7 Å². The molecule has 2 amide bonds. The molecule has 1 fully saturated rings. The molecule has 0 aliphatic carbocycles. The molecule has 12 heteroatoms. The van der Waals surface area contributed by atoms with Crippen molar-refractivity contribution in [1.82, 2.24) is 19.5 Å². The van der Waals surface area contributed by atoms with Gasteiger partial charge in [0, 0.05) is 69.2 Å². The van der Waals surface area contributed by atoms with E-state index in [0.29, 0.717) is 5.56 Å². The van der Waals surface area contributed by atoms with Crippen LogP contribution < -0.4 is 5.32 Å². The molecule has 0 saturated carbocycles. The number of amides is 2. The predicted molar refractivity (Wildman–Crippen MR) is 110 cm³/mol. The van der Waals surface area contributed by atoms with Gasteiger partial charge in [-0.1, -0.05) is 0 Å². The number of hydrogen-bond donors (Lipinski definition) is 1. The van der Waals surface area contributed by atoms with Crippen molar-refractivity contribution >= 4 is 27.5 Å². The van der Waals surface area contributed by atoms with Gasteiger partial charge in [-0.15, -0.1) is 0 Å². The summed E-state index contributed by atoms with van der Waals surface area (Å²) in [5.41, 5.74) is 0.262. The zero-order chi connectivity index (χ0) is 22.4. The SMILES string of the molecule is O=C(NCCC(=O)N1CCN(S(=O)(=O)c2ccc([N+](=O)[O-])cc2)CC1)c1ccncc1. The van der Waals surface area contributed by atoms with Crippen LogP contribution in [-0.2, 0) is 14.8 Å². The third-order valence-electron chi connectivity index (χ3n) is 4.84. The largest absolute Gasteiger partial charge is 0.352 e. The number of pyridine rings is 1. The Balaban J connectivity index is 1.48. The zero-order valence-corrected chi connectivity index (χ0v) is 17.3. The number of rotatable bonds is 7. The van der Waals surface area contributed by atoms with E-state index in [0.717, 1.165) is 12.1 Å². The molecule has 1 saturated heterocycles. The van der Waals surface area contributed by atoms with E-state index in [1.165, 1.54) is 28.8 Å². The summed E-state index contributed by atoms with van der Waals surface area (Å²) in [5.74, 6) is -0.475. The molecule has 3 rings (SSSR count). The van der Waals surface area contributed by atoms with Crippen LogP contribution in [0, 0.1) is 10.1 Å². The normalized spacial score (nSPS) is 14.8. The Hall–Kier alpha value is -3.38. The summed E-state index contributed by atoms with van der Waals surface area (Å²) in [6.45, 7) is 0.858. The number of carbonyl (C=O) groups excluding carboxylic acids is 2. The molecule has 1 N–H and O–H groups in total. The number of piperazine rings is 1. The molecule has 1 aliphatic rings. The van der Waals surface area contributed by atoms with E-state index >= 15 is 0 Å². The molecule has 1 aromatic heterocycles. The smallest absolute Gasteiger partial charge is 0.269 e. The Kier molecular flexibility index (Phi) is 6.92. The lowest BCUT2D eigenvalue weighted by atomic mass is 10.2. The van der Waals surface area contributed by atoms with Crippen LogP contribution in [0.4, 0.5) is 5.69 Å². The van der Waals surface area contributed by atoms with Crippen molar-refractivity contribution in [1.29, 1.82) is 0 Å². The molecule has 0 atom stereocenters. The average molecular weight is 447 g/mol. The van der Waals surface area contributed by atoms with Gasteiger partial charge < -0.3 is 10.2 Å². The fourth-order valence-electron chi connectivity index (χ4n) is 3.11. The van der Waals surface area contributed by atoms with Crippen LogP contribution in [0.2, 0.25) is 0 Å². The molecule has 1 aliphatic heterocycles. The number of nitrogens with one attached hydrogen (secondary N) is 1. The van der Waals surface area contributed by atoms with Crippen LogP contribution in [0.5, 0.6) is 0 Å². The maximum absolute atomic E-state index is 12.7. The van der Waals surface area contributed by atoms with Crippen molar-refractivity contribution in [3.05, 3.63) is 64.5 Å². The molecule has 31 heavy (non-hydrogen) atoms. The molecule has 11 nitrogen and oxygen atoms in total. The van der Waals surface area contributed by atoms with Crippen molar-refractivity contribution in [2.45, 2.75) is 11.3 Å². The van der Waals surface area contributed by atoms with Gasteiger partial charge in [0.15, 0.2) is 0 Å². The molecular weight excluding hydrogens is 426 g/mol. The highest BCUT2D eigenvalue weighted by molar-refractivity contribution is 7.89. The van der Waals surface area contributed by atoms with E-state index < -0.39 is 14.9 Å². The van der Waals surface area contributed by atoms with Gasteiger partial charge >= 0.3 is 0 Å². The molecule has 0 radical (unpaired) electrons. The second-order valence-corrected chi connectivity index (χ2v) is 8.72. The fraction of sp³-hybridized carbons (Fsp3) is 0.316. The third kappa shape index (κ3) is 5.41. The maximum Gasteiger partial charge on any atom is 0.269 e. The molecule has 0 unspecified atom stereocenters. The number of benzene rings is 1. The van der Waals surface area contributed by atoms with Crippen LogP contribution in [-0.4, -0.2) is 72.1 Å². The Morgan fingerprint density at radius 3 is 2.23 bits per heavy atom. The minimum absolute atomic E-state index is 0.0308. The summed E-state index contributed by atoms with van der Waals surface area (Å²) in [6.07, 6.45) is 3.11. The number of carbonyl (C=O) groups is 2. The number of sulfonamides is 1. The van der Waals surface area contributed by atoms with E-state index in [1.54, 1.807) is 17.0 Å². The predicted octanol–water partition coefficient (Wildman–Crippen LogP) is 0.643. The molecular formula is C19H21N5O6S. The summed E-state index contributed by atoms with van der Waals surface area (Å²) >= 11 is 0. The number of nitro groups is 1. The molecule has 0 bridgehead atoms. The highest BCUT2D eigenvalue weighted by Gasteiger charge is 2.30. The Morgan fingerprint density at radius 2 is 1.65 bits per heavy atom.